The molecule has 0 radical (unpaired) electrons. The molecule has 2 aromatic rings. The van der Waals surface area contributed by atoms with Crippen LogP contribution in [0.1, 0.15) is 55.1 Å². The topological polar surface area (TPSA) is 62.7 Å². The minimum absolute atomic E-state index is 0.591. The summed E-state index contributed by atoms with van der Waals surface area (Å²) in [5.41, 5.74) is 4.72. The second-order valence-corrected chi connectivity index (χ2v) is 6.42. The Kier molecular flexibility index (Phi) is 6.53. The molecule has 0 aliphatic heterocycles. The molecule has 0 spiro atoms. The Hall–Kier alpha value is -2.17. The van der Waals surface area contributed by atoms with Crippen molar-refractivity contribution in [3.63, 3.8) is 0 Å². The number of aromatic nitrogens is 3. The summed E-state index contributed by atoms with van der Waals surface area (Å²) in [5, 5.41) is 6.66. The van der Waals surface area contributed by atoms with Crippen LogP contribution in [0.15, 0.2) is 12.1 Å². The second kappa shape index (κ2) is 8.62. The van der Waals surface area contributed by atoms with Crippen LogP contribution in [-0.4, -0.2) is 21.5 Å². The minimum Gasteiger partial charge on any atom is -0.354 e. The summed E-state index contributed by atoms with van der Waals surface area (Å²) < 4.78 is 0. The van der Waals surface area contributed by atoms with E-state index in [-0.39, 0.29) is 0 Å². The molecule has 1 heterocycles. The van der Waals surface area contributed by atoms with Gasteiger partial charge in [0, 0.05) is 12.2 Å². The SMILES string of the molecule is CCCCCCNc1nc(C)nc(Nc2c(C)cc(C)cc2C)n1. The average Bonchev–Trinajstić information content (AvgIpc) is 2.50. The van der Waals surface area contributed by atoms with E-state index in [2.05, 4.69) is 65.4 Å². The lowest BCUT2D eigenvalue weighted by atomic mass is 10.1. The molecule has 0 aliphatic rings. The highest BCUT2D eigenvalue weighted by atomic mass is 15.2. The number of unbranched alkanes of at least 4 members (excludes halogenated alkanes) is 3. The molecule has 0 saturated heterocycles. The van der Waals surface area contributed by atoms with Crippen molar-refractivity contribution < 1.29 is 0 Å². The molecule has 24 heavy (non-hydrogen) atoms. The molecule has 0 aliphatic carbocycles. The van der Waals surface area contributed by atoms with Gasteiger partial charge in [-0.1, -0.05) is 43.9 Å². The van der Waals surface area contributed by atoms with E-state index in [1.54, 1.807) is 0 Å². The number of aryl methyl sites for hydroxylation is 4. The summed E-state index contributed by atoms with van der Waals surface area (Å²) in [7, 11) is 0. The first-order valence-corrected chi connectivity index (χ1v) is 8.81. The van der Waals surface area contributed by atoms with Gasteiger partial charge in [0.15, 0.2) is 0 Å². The summed E-state index contributed by atoms with van der Waals surface area (Å²) in [6, 6.07) is 4.33. The van der Waals surface area contributed by atoms with Crippen LogP contribution in [0.2, 0.25) is 0 Å². The van der Waals surface area contributed by atoms with E-state index in [9.17, 15) is 0 Å². The fourth-order valence-electron chi connectivity index (χ4n) is 2.86. The third kappa shape index (κ3) is 5.18. The van der Waals surface area contributed by atoms with Crippen molar-refractivity contribution in [2.45, 2.75) is 60.3 Å². The van der Waals surface area contributed by atoms with E-state index in [4.69, 9.17) is 0 Å². The summed E-state index contributed by atoms with van der Waals surface area (Å²) >= 11 is 0. The lowest BCUT2D eigenvalue weighted by molar-refractivity contribution is 0.683. The molecular formula is C19H29N5. The highest BCUT2D eigenvalue weighted by Crippen LogP contribution is 2.24. The van der Waals surface area contributed by atoms with Crippen LogP contribution >= 0.6 is 0 Å². The minimum atomic E-state index is 0.591. The molecular weight excluding hydrogens is 298 g/mol. The molecule has 5 nitrogen and oxygen atoms in total. The molecule has 2 N–H and O–H groups in total. The highest BCUT2D eigenvalue weighted by molar-refractivity contribution is 5.64. The van der Waals surface area contributed by atoms with Gasteiger partial charge in [-0.25, -0.2) is 0 Å². The molecule has 0 atom stereocenters. The lowest BCUT2D eigenvalue weighted by Crippen LogP contribution is -2.10. The Morgan fingerprint density at radius 2 is 1.50 bits per heavy atom. The number of hydrogen-bond donors (Lipinski definition) is 2. The predicted octanol–water partition coefficient (Wildman–Crippen LogP) is 4.84. The summed E-state index contributed by atoms with van der Waals surface area (Å²) in [5.74, 6) is 1.95. The van der Waals surface area contributed by atoms with Crippen molar-refractivity contribution in [3.05, 3.63) is 34.6 Å². The summed E-state index contributed by atoms with van der Waals surface area (Å²) in [6.07, 6.45) is 4.89. The molecule has 0 unspecified atom stereocenters. The standard InChI is InChI=1S/C19H29N5/c1-6-7-8-9-10-20-18-21-16(5)22-19(24-18)23-17-14(3)11-13(2)12-15(17)4/h11-12H,6-10H2,1-5H3,(H2,20,21,22,23,24). The number of anilines is 3. The van der Waals surface area contributed by atoms with Crippen LogP contribution in [0.4, 0.5) is 17.6 Å². The van der Waals surface area contributed by atoms with Gasteiger partial charge >= 0.3 is 0 Å². The molecule has 0 amide bonds. The molecule has 1 aromatic carbocycles. The fourth-order valence-corrected chi connectivity index (χ4v) is 2.86. The van der Waals surface area contributed by atoms with Crippen molar-refractivity contribution in [2.24, 2.45) is 0 Å². The van der Waals surface area contributed by atoms with Gasteiger partial charge in [-0.3, -0.25) is 0 Å². The van der Waals surface area contributed by atoms with E-state index in [0.29, 0.717) is 17.7 Å². The maximum absolute atomic E-state index is 4.51. The number of nitrogens with zero attached hydrogens (tertiary/aromatic N) is 3. The second-order valence-electron chi connectivity index (χ2n) is 6.42. The van der Waals surface area contributed by atoms with Gasteiger partial charge in [0.1, 0.15) is 5.82 Å². The van der Waals surface area contributed by atoms with E-state index >= 15 is 0 Å². The Morgan fingerprint density at radius 1 is 0.833 bits per heavy atom. The molecule has 1 aromatic heterocycles. The molecule has 5 heteroatoms. The van der Waals surface area contributed by atoms with Crippen molar-refractivity contribution in [2.75, 3.05) is 17.2 Å². The molecule has 0 fully saturated rings. The van der Waals surface area contributed by atoms with Crippen molar-refractivity contribution in [3.8, 4) is 0 Å². The summed E-state index contributed by atoms with van der Waals surface area (Å²) in [6.45, 7) is 11.3. The maximum Gasteiger partial charge on any atom is 0.232 e. The van der Waals surface area contributed by atoms with Crippen LogP contribution in [0.5, 0.6) is 0 Å². The van der Waals surface area contributed by atoms with Gasteiger partial charge < -0.3 is 10.6 Å². The van der Waals surface area contributed by atoms with Crippen LogP contribution < -0.4 is 10.6 Å². The normalized spacial score (nSPS) is 10.7. The monoisotopic (exact) mass is 327 g/mol. The largest absolute Gasteiger partial charge is 0.354 e. The third-order valence-corrected chi connectivity index (χ3v) is 3.97. The average molecular weight is 327 g/mol. The molecule has 2 rings (SSSR count). The molecule has 0 saturated carbocycles. The fraction of sp³-hybridized carbons (Fsp3) is 0.526. The highest BCUT2D eigenvalue weighted by Gasteiger charge is 2.08. The van der Waals surface area contributed by atoms with Crippen LogP contribution in [0.3, 0.4) is 0 Å². The Bertz CT molecular complexity index is 658. The van der Waals surface area contributed by atoms with Crippen molar-refractivity contribution >= 4 is 17.6 Å². The number of hydrogen-bond acceptors (Lipinski definition) is 5. The van der Waals surface area contributed by atoms with Crippen LogP contribution in [0.25, 0.3) is 0 Å². The maximum atomic E-state index is 4.51. The Labute approximate surface area is 145 Å². The number of nitrogens with one attached hydrogen (secondary N) is 2. The van der Waals surface area contributed by atoms with Crippen molar-refractivity contribution in [1.82, 2.24) is 15.0 Å². The summed E-state index contributed by atoms with van der Waals surface area (Å²) in [4.78, 5) is 13.3. The van der Waals surface area contributed by atoms with Crippen molar-refractivity contribution in [1.29, 1.82) is 0 Å². The quantitative estimate of drug-likeness (QED) is 0.679. The third-order valence-electron chi connectivity index (χ3n) is 3.97. The van der Waals surface area contributed by atoms with Gasteiger partial charge in [0.2, 0.25) is 11.9 Å². The first kappa shape index (κ1) is 18.2. The van der Waals surface area contributed by atoms with Gasteiger partial charge in [-0.2, -0.15) is 15.0 Å². The van der Waals surface area contributed by atoms with E-state index in [1.807, 2.05) is 6.92 Å². The Balaban J connectivity index is 2.08. The molecule has 130 valence electrons. The zero-order chi connectivity index (χ0) is 17.5. The zero-order valence-corrected chi connectivity index (χ0v) is 15.5. The van der Waals surface area contributed by atoms with Gasteiger partial charge in [-0.15, -0.1) is 0 Å². The van der Waals surface area contributed by atoms with Crippen LogP contribution in [-0.2, 0) is 0 Å². The van der Waals surface area contributed by atoms with Gasteiger partial charge in [-0.05, 0) is 45.2 Å². The first-order valence-electron chi connectivity index (χ1n) is 8.81. The zero-order valence-electron chi connectivity index (χ0n) is 15.5. The van der Waals surface area contributed by atoms with Gasteiger partial charge in [0.05, 0.1) is 0 Å². The van der Waals surface area contributed by atoms with E-state index < -0.39 is 0 Å². The van der Waals surface area contributed by atoms with E-state index in [0.717, 1.165) is 18.7 Å². The lowest BCUT2D eigenvalue weighted by Gasteiger charge is -2.14. The Morgan fingerprint density at radius 3 is 2.17 bits per heavy atom. The van der Waals surface area contributed by atoms with E-state index in [1.165, 1.54) is 36.0 Å². The van der Waals surface area contributed by atoms with Gasteiger partial charge in [0.25, 0.3) is 0 Å². The number of benzene rings is 1. The smallest absolute Gasteiger partial charge is 0.232 e. The number of rotatable bonds is 8. The first-order chi connectivity index (χ1) is 11.5. The van der Waals surface area contributed by atoms with Crippen LogP contribution in [0, 0.1) is 27.7 Å². The molecule has 0 bridgehead atoms. The predicted molar refractivity (Wildman–Crippen MR) is 101 cm³/mol.